The summed E-state index contributed by atoms with van der Waals surface area (Å²) in [6.07, 6.45) is 1.11. The van der Waals surface area contributed by atoms with Gasteiger partial charge in [-0.25, -0.2) is 23.1 Å². The van der Waals surface area contributed by atoms with Crippen LogP contribution in [-0.2, 0) is 11.8 Å². The Kier molecular flexibility index (Phi) is 8.50. The van der Waals surface area contributed by atoms with Crippen molar-refractivity contribution >= 4 is 23.2 Å². The zero-order chi connectivity index (χ0) is 30.1. The molecule has 0 radical (unpaired) electrons. The number of benzene rings is 1. The third kappa shape index (κ3) is 6.26. The number of carbonyl (C=O) groups excluding carboxylic acids is 1. The lowest BCUT2D eigenvalue weighted by molar-refractivity contribution is -0.00572. The highest BCUT2D eigenvalue weighted by atomic mass is 19.3. The van der Waals surface area contributed by atoms with Gasteiger partial charge < -0.3 is 29.7 Å². The van der Waals surface area contributed by atoms with Crippen molar-refractivity contribution in [3.63, 3.8) is 0 Å². The van der Waals surface area contributed by atoms with Crippen molar-refractivity contribution in [1.29, 1.82) is 0 Å². The number of halogens is 3. The molecule has 0 unspecified atom stereocenters. The number of piperazine rings is 1. The van der Waals surface area contributed by atoms with Gasteiger partial charge >= 0.3 is 0 Å². The largest absolute Gasteiger partial charge is 0.372 e. The highest BCUT2D eigenvalue weighted by molar-refractivity contribution is 6.07. The number of ether oxygens (including phenoxy) is 1. The van der Waals surface area contributed by atoms with Crippen molar-refractivity contribution in [3.8, 4) is 11.1 Å². The monoisotopic (exact) mass is 585 g/mol. The lowest BCUT2D eigenvalue weighted by Gasteiger charge is -2.35. The number of rotatable bonds is 6. The maximum atomic E-state index is 15.7. The van der Waals surface area contributed by atoms with Crippen molar-refractivity contribution in [1.82, 2.24) is 19.9 Å². The zero-order valence-electron chi connectivity index (χ0n) is 23.9. The molecule has 2 fully saturated rings. The molecule has 4 heterocycles. The van der Waals surface area contributed by atoms with Crippen molar-refractivity contribution in [2.75, 3.05) is 47.8 Å². The van der Waals surface area contributed by atoms with E-state index in [1.54, 1.807) is 0 Å². The van der Waals surface area contributed by atoms with Crippen LogP contribution in [0.1, 0.15) is 43.1 Å². The summed E-state index contributed by atoms with van der Waals surface area (Å²) in [5.74, 6) is -0.894. The summed E-state index contributed by atoms with van der Waals surface area (Å²) >= 11 is 0. The minimum absolute atomic E-state index is 0.0125. The number of anilines is 3. The molecule has 3 aromatic rings. The number of alkyl halides is 2. The molecule has 0 spiro atoms. The predicted octanol–water partition coefficient (Wildman–Crippen LogP) is 3.58. The molecule has 2 aliphatic heterocycles. The second kappa shape index (κ2) is 12.1. The molecule has 5 rings (SSSR count). The first-order valence-electron chi connectivity index (χ1n) is 13.8. The number of hydrogen-bond acceptors (Lipinski definition) is 8. The fourth-order valence-corrected chi connectivity index (χ4v) is 5.47. The fraction of sp³-hybridized carbons (Fsp3) is 0.448. The molecule has 224 valence electrons. The first-order chi connectivity index (χ1) is 20.0. The van der Waals surface area contributed by atoms with E-state index >= 15 is 4.39 Å². The van der Waals surface area contributed by atoms with Crippen molar-refractivity contribution in [2.24, 2.45) is 7.05 Å². The highest BCUT2D eigenvalue weighted by Crippen LogP contribution is 2.35. The van der Waals surface area contributed by atoms with Gasteiger partial charge in [0.05, 0.1) is 29.1 Å². The number of morpholine rings is 1. The third-order valence-electron chi connectivity index (χ3n) is 7.43. The third-order valence-corrected chi connectivity index (χ3v) is 7.43. The number of nitrogens with zero attached hydrogens (tertiary/aromatic N) is 5. The lowest BCUT2D eigenvalue weighted by Crippen LogP contribution is -2.49. The maximum Gasteiger partial charge on any atom is 0.264 e. The number of carbonyl (C=O) groups is 1. The Hall–Kier alpha value is -3.97. The summed E-state index contributed by atoms with van der Waals surface area (Å²) in [5, 5.41) is 6.03. The lowest BCUT2D eigenvalue weighted by atomic mass is 10.0. The van der Waals surface area contributed by atoms with E-state index in [2.05, 4.69) is 20.6 Å². The van der Waals surface area contributed by atoms with Crippen LogP contribution in [-0.4, -0.2) is 71.4 Å². The number of nitrogens with one attached hydrogen (secondary N) is 2. The van der Waals surface area contributed by atoms with E-state index in [0.29, 0.717) is 49.9 Å². The summed E-state index contributed by atoms with van der Waals surface area (Å²) in [7, 11) is 1.37. The first-order valence-corrected chi connectivity index (χ1v) is 13.8. The Morgan fingerprint density at radius 2 is 1.76 bits per heavy atom. The number of aromatic nitrogens is 3. The van der Waals surface area contributed by atoms with Gasteiger partial charge in [-0.05, 0) is 32.9 Å². The molecule has 42 heavy (non-hydrogen) atoms. The van der Waals surface area contributed by atoms with E-state index < -0.39 is 29.3 Å². The smallest absolute Gasteiger partial charge is 0.264 e. The van der Waals surface area contributed by atoms with E-state index in [1.807, 2.05) is 30.6 Å². The van der Waals surface area contributed by atoms with Crippen LogP contribution in [0.2, 0.25) is 0 Å². The van der Waals surface area contributed by atoms with Gasteiger partial charge in [0, 0.05) is 87.2 Å². The van der Waals surface area contributed by atoms with Gasteiger partial charge in [0.2, 0.25) is 5.95 Å². The van der Waals surface area contributed by atoms with Crippen LogP contribution >= 0.6 is 0 Å². The van der Waals surface area contributed by atoms with Crippen LogP contribution in [0.3, 0.4) is 0 Å². The quantitative estimate of drug-likeness (QED) is 0.453. The predicted molar refractivity (Wildman–Crippen MR) is 154 cm³/mol. The molecule has 2 saturated heterocycles. The summed E-state index contributed by atoms with van der Waals surface area (Å²) < 4.78 is 50.1. The van der Waals surface area contributed by atoms with Crippen molar-refractivity contribution in [2.45, 2.75) is 45.4 Å². The Balaban J connectivity index is 1.52. The molecule has 10 nitrogen and oxygen atoms in total. The number of aryl methyl sites for hydroxylation is 1. The highest BCUT2D eigenvalue weighted by Gasteiger charge is 2.26. The van der Waals surface area contributed by atoms with Crippen LogP contribution in [0.5, 0.6) is 0 Å². The second-order valence-electron chi connectivity index (χ2n) is 10.9. The first kappa shape index (κ1) is 29.5. The summed E-state index contributed by atoms with van der Waals surface area (Å²) in [5.41, 5.74) is -0.510. The van der Waals surface area contributed by atoms with Crippen LogP contribution < -0.4 is 26.0 Å². The van der Waals surface area contributed by atoms with Crippen LogP contribution in [0.25, 0.3) is 11.1 Å². The van der Waals surface area contributed by atoms with Gasteiger partial charge in [-0.3, -0.25) is 9.59 Å². The van der Waals surface area contributed by atoms with Crippen molar-refractivity contribution < 1.29 is 22.7 Å². The van der Waals surface area contributed by atoms with Gasteiger partial charge in [-0.1, -0.05) is 0 Å². The van der Waals surface area contributed by atoms with E-state index in [4.69, 9.17) is 4.74 Å². The van der Waals surface area contributed by atoms with E-state index in [0.717, 1.165) is 16.8 Å². The fourth-order valence-electron chi connectivity index (χ4n) is 5.47. The topological polar surface area (TPSA) is 105 Å². The van der Waals surface area contributed by atoms with Gasteiger partial charge in [0.25, 0.3) is 17.9 Å². The molecule has 0 aliphatic carbocycles. The minimum Gasteiger partial charge on any atom is -0.372 e. The molecule has 0 bridgehead atoms. The van der Waals surface area contributed by atoms with Gasteiger partial charge in [0.15, 0.2) is 0 Å². The van der Waals surface area contributed by atoms with Gasteiger partial charge in [-0.15, -0.1) is 0 Å². The number of pyridine rings is 1. The standard InChI is InChI=1S/C29H34F3N7O3/c1-16-12-38(6-5-33-16)25-9-23(30)20(19-10-34-29(35-11-19)39-13-17(2)42-18(3)14-39)7-24(25)36-28(41)22-15-37(4)26(40)8-21(22)27(31)32/h7-11,15-18,27,33H,5-6,12-14H2,1-4H3,(H,36,41)/t16-,17-,18+/m0/s1. The molecular weight excluding hydrogens is 551 g/mol. The van der Waals surface area contributed by atoms with E-state index in [-0.39, 0.29) is 35.1 Å². The van der Waals surface area contributed by atoms with E-state index in [1.165, 1.54) is 31.6 Å². The van der Waals surface area contributed by atoms with Gasteiger partial charge in [0.1, 0.15) is 5.82 Å². The Morgan fingerprint density at radius 3 is 2.40 bits per heavy atom. The normalized spacial score (nSPS) is 21.1. The van der Waals surface area contributed by atoms with Crippen LogP contribution in [0.4, 0.5) is 30.5 Å². The van der Waals surface area contributed by atoms with Crippen LogP contribution in [0, 0.1) is 5.82 Å². The Labute approximate surface area is 241 Å². The maximum absolute atomic E-state index is 15.7. The molecule has 0 saturated carbocycles. The minimum atomic E-state index is -3.04. The van der Waals surface area contributed by atoms with Crippen molar-refractivity contribution in [3.05, 3.63) is 64.1 Å². The second-order valence-corrected chi connectivity index (χ2v) is 10.9. The molecule has 3 atom stereocenters. The Bertz CT molecular complexity index is 1510. The summed E-state index contributed by atoms with van der Waals surface area (Å²) in [4.78, 5) is 38.2. The summed E-state index contributed by atoms with van der Waals surface area (Å²) in [6, 6.07) is 3.66. The zero-order valence-corrected chi connectivity index (χ0v) is 23.9. The molecule has 2 aliphatic rings. The number of amides is 1. The molecule has 1 aromatic carbocycles. The molecule has 1 amide bonds. The average Bonchev–Trinajstić information content (AvgIpc) is 2.94. The SMILES string of the molecule is C[C@@H]1CN(c2ncc(-c3cc(NC(=O)c4cn(C)c(=O)cc4C(F)F)c(N4CCN[C@@H](C)C4)cc3F)cn2)C[C@H](C)O1. The molecular formula is C29H34F3N7O3. The van der Waals surface area contributed by atoms with E-state index in [9.17, 15) is 18.4 Å². The molecule has 2 N–H and O–H groups in total. The Morgan fingerprint density at radius 1 is 1.07 bits per heavy atom. The number of hydrogen-bond donors (Lipinski definition) is 2. The summed E-state index contributed by atoms with van der Waals surface area (Å²) in [6.45, 7) is 8.91. The molecule has 2 aromatic heterocycles. The average molecular weight is 586 g/mol. The van der Waals surface area contributed by atoms with Gasteiger partial charge in [-0.2, -0.15) is 0 Å². The molecule has 13 heteroatoms. The van der Waals surface area contributed by atoms with Crippen LogP contribution in [0.15, 0.2) is 41.6 Å².